The Morgan fingerprint density at radius 2 is 1.94 bits per heavy atom. The van der Waals surface area contributed by atoms with Gasteiger partial charge in [-0.15, -0.1) is 0 Å². The monoisotopic (exact) mass is 249 g/mol. The standard InChI is InChI=1S/C15H27N3/c1-10-5-6-14(9-11(10)2)18-13(4)15(7-8-16)12(3)17-18/h10-11,14H,5-9,16H2,1-4H3. The molecule has 3 nitrogen and oxygen atoms in total. The van der Waals surface area contributed by atoms with Crippen molar-refractivity contribution in [2.75, 3.05) is 6.54 Å². The highest BCUT2D eigenvalue weighted by atomic mass is 15.3. The molecule has 0 radical (unpaired) electrons. The Morgan fingerprint density at radius 1 is 1.22 bits per heavy atom. The van der Waals surface area contributed by atoms with Crippen molar-refractivity contribution in [3.05, 3.63) is 17.0 Å². The zero-order chi connectivity index (χ0) is 13.3. The Hall–Kier alpha value is -0.830. The molecule has 18 heavy (non-hydrogen) atoms. The van der Waals surface area contributed by atoms with Crippen LogP contribution in [-0.4, -0.2) is 16.3 Å². The van der Waals surface area contributed by atoms with Crippen LogP contribution in [0.3, 0.4) is 0 Å². The maximum atomic E-state index is 5.69. The minimum Gasteiger partial charge on any atom is -0.330 e. The Bertz CT molecular complexity index is 408. The molecule has 2 rings (SSSR count). The first-order valence-electron chi connectivity index (χ1n) is 7.29. The fourth-order valence-corrected chi connectivity index (χ4v) is 3.30. The Morgan fingerprint density at radius 3 is 2.56 bits per heavy atom. The minimum absolute atomic E-state index is 0.599. The molecule has 1 aromatic heterocycles. The molecule has 1 saturated carbocycles. The zero-order valence-corrected chi connectivity index (χ0v) is 12.2. The first kappa shape index (κ1) is 13.6. The van der Waals surface area contributed by atoms with E-state index in [4.69, 9.17) is 10.8 Å². The van der Waals surface area contributed by atoms with Crippen molar-refractivity contribution in [2.24, 2.45) is 17.6 Å². The van der Waals surface area contributed by atoms with Crippen molar-refractivity contribution in [3.63, 3.8) is 0 Å². The summed E-state index contributed by atoms with van der Waals surface area (Å²) >= 11 is 0. The van der Waals surface area contributed by atoms with Gasteiger partial charge in [-0.3, -0.25) is 4.68 Å². The zero-order valence-electron chi connectivity index (χ0n) is 12.2. The molecule has 1 fully saturated rings. The lowest BCUT2D eigenvalue weighted by molar-refractivity contribution is 0.198. The normalized spacial score (nSPS) is 28.6. The second kappa shape index (κ2) is 5.43. The third-order valence-corrected chi connectivity index (χ3v) is 4.79. The van der Waals surface area contributed by atoms with E-state index in [1.165, 1.54) is 36.2 Å². The highest BCUT2D eigenvalue weighted by molar-refractivity contribution is 5.25. The summed E-state index contributed by atoms with van der Waals surface area (Å²) in [6, 6.07) is 0.599. The average Bonchev–Trinajstić information content (AvgIpc) is 2.61. The average molecular weight is 249 g/mol. The summed E-state index contributed by atoms with van der Waals surface area (Å²) in [4.78, 5) is 0. The fraction of sp³-hybridized carbons (Fsp3) is 0.800. The van der Waals surface area contributed by atoms with E-state index in [9.17, 15) is 0 Å². The van der Waals surface area contributed by atoms with Crippen molar-refractivity contribution in [1.29, 1.82) is 0 Å². The van der Waals surface area contributed by atoms with Crippen molar-refractivity contribution in [1.82, 2.24) is 9.78 Å². The number of hydrogen-bond donors (Lipinski definition) is 1. The number of aromatic nitrogens is 2. The number of hydrogen-bond acceptors (Lipinski definition) is 2. The van der Waals surface area contributed by atoms with Gasteiger partial charge >= 0.3 is 0 Å². The lowest BCUT2D eigenvalue weighted by Crippen LogP contribution is -2.24. The molecule has 0 spiro atoms. The van der Waals surface area contributed by atoms with Crippen LogP contribution in [0.1, 0.15) is 56.1 Å². The van der Waals surface area contributed by atoms with Gasteiger partial charge < -0.3 is 5.73 Å². The summed E-state index contributed by atoms with van der Waals surface area (Å²) < 4.78 is 2.28. The third-order valence-electron chi connectivity index (χ3n) is 4.79. The van der Waals surface area contributed by atoms with Gasteiger partial charge in [-0.1, -0.05) is 13.8 Å². The van der Waals surface area contributed by atoms with E-state index >= 15 is 0 Å². The molecular weight excluding hydrogens is 222 g/mol. The Kier molecular flexibility index (Phi) is 4.10. The van der Waals surface area contributed by atoms with Crippen LogP contribution >= 0.6 is 0 Å². The van der Waals surface area contributed by atoms with Gasteiger partial charge in [0, 0.05) is 5.69 Å². The van der Waals surface area contributed by atoms with Gasteiger partial charge in [-0.05, 0) is 63.5 Å². The van der Waals surface area contributed by atoms with Crippen LogP contribution < -0.4 is 5.73 Å². The van der Waals surface area contributed by atoms with Crippen LogP contribution in [-0.2, 0) is 6.42 Å². The van der Waals surface area contributed by atoms with Gasteiger partial charge in [0.05, 0.1) is 11.7 Å². The predicted molar refractivity (Wildman–Crippen MR) is 75.7 cm³/mol. The SMILES string of the molecule is Cc1nn(C2CCC(C)C(C)C2)c(C)c1CCN. The van der Waals surface area contributed by atoms with E-state index in [2.05, 4.69) is 32.4 Å². The van der Waals surface area contributed by atoms with E-state index in [0.717, 1.165) is 18.3 Å². The summed E-state index contributed by atoms with van der Waals surface area (Å²) in [5.74, 6) is 1.67. The Labute approximate surface area is 111 Å². The number of nitrogens with two attached hydrogens (primary N) is 1. The van der Waals surface area contributed by atoms with Crippen LogP contribution in [0.2, 0.25) is 0 Å². The molecule has 0 saturated heterocycles. The molecule has 3 atom stereocenters. The van der Waals surface area contributed by atoms with Crippen molar-refractivity contribution >= 4 is 0 Å². The molecule has 3 unspecified atom stereocenters. The number of aryl methyl sites for hydroxylation is 1. The maximum absolute atomic E-state index is 5.69. The lowest BCUT2D eigenvalue weighted by Gasteiger charge is -2.32. The molecule has 0 bridgehead atoms. The summed E-state index contributed by atoms with van der Waals surface area (Å²) in [6.07, 6.45) is 4.83. The van der Waals surface area contributed by atoms with Crippen LogP contribution in [0.4, 0.5) is 0 Å². The molecule has 0 aromatic carbocycles. The summed E-state index contributed by atoms with van der Waals surface area (Å²) in [5.41, 5.74) is 9.56. The molecule has 2 N–H and O–H groups in total. The summed E-state index contributed by atoms with van der Waals surface area (Å²) in [6.45, 7) is 9.79. The minimum atomic E-state index is 0.599. The molecule has 1 aliphatic carbocycles. The first-order chi connectivity index (χ1) is 8.54. The Balaban J connectivity index is 2.21. The first-order valence-corrected chi connectivity index (χ1v) is 7.29. The smallest absolute Gasteiger partial charge is 0.0629 e. The third kappa shape index (κ3) is 2.46. The van der Waals surface area contributed by atoms with Crippen molar-refractivity contribution in [2.45, 2.75) is 59.4 Å². The second-order valence-electron chi connectivity index (χ2n) is 6.05. The largest absolute Gasteiger partial charge is 0.330 e. The van der Waals surface area contributed by atoms with E-state index in [1.807, 2.05) is 0 Å². The fourth-order valence-electron chi connectivity index (χ4n) is 3.30. The number of rotatable bonds is 3. The summed E-state index contributed by atoms with van der Waals surface area (Å²) in [5, 5.41) is 4.77. The quantitative estimate of drug-likeness (QED) is 0.895. The van der Waals surface area contributed by atoms with Crippen molar-refractivity contribution in [3.8, 4) is 0 Å². The van der Waals surface area contributed by atoms with Gasteiger partial charge in [-0.25, -0.2) is 0 Å². The molecule has 1 aromatic rings. The van der Waals surface area contributed by atoms with E-state index in [-0.39, 0.29) is 0 Å². The van der Waals surface area contributed by atoms with Crippen LogP contribution in [0.15, 0.2) is 0 Å². The van der Waals surface area contributed by atoms with Gasteiger partial charge in [0.15, 0.2) is 0 Å². The molecule has 0 amide bonds. The highest BCUT2D eigenvalue weighted by Crippen LogP contribution is 2.37. The second-order valence-corrected chi connectivity index (χ2v) is 6.05. The highest BCUT2D eigenvalue weighted by Gasteiger charge is 2.27. The number of nitrogens with zero attached hydrogens (tertiary/aromatic N) is 2. The van der Waals surface area contributed by atoms with Gasteiger partial charge in [0.25, 0.3) is 0 Å². The lowest BCUT2D eigenvalue weighted by atomic mass is 9.79. The van der Waals surface area contributed by atoms with E-state index < -0.39 is 0 Å². The van der Waals surface area contributed by atoms with Crippen LogP contribution in [0.5, 0.6) is 0 Å². The van der Waals surface area contributed by atoms with Crippen LogP contribution in [0.25, 0.3) is 0 Å². The maximum Gasteiger partial charge on any atom is 0.0629 e. The molecule has 0 aliphatic heterocycles. The predicted octanol–water partition coefficient (Wildman–Crippen LogP) is 3.00. The molecule has 102 valence electrons. The van der Waals surface area contributed by atoms with E-state index in [0.29, 0.717) is 12.6 Å². The van der Waals surface area contributed by atoms with Gasteiger partial charge in [-0.2, -0.15) is 5.10 Å². The molecule has 1 aliphatic rings. The summed E-state index contributed by atoms with van der Waals surface area (Å²) in [7, 11) is 0. The van der Waals surface area contributed by atoms with Crippen LogP contribution in [0, 0.1) is 25.7 Å². The topological polar surface area (TPSA) is 43.8 Å². The molecule has 3 heteroatoms. The van der Waals surface area contributed by atoms with E-state index in [1.54, 1.807) is 0 Å². The van der Waals surface area contributed by atoms with Gasteiger partial charge in [0.2, 0.25) is 0 Å². The van der Waals surface area contributed by atoms with Crippen molar-refractivity contribution < 1.29 is 0 Å². The molecular formula is C15H27N3. The molecule has 1 heterocycles. The van der Waals surface area contributed by atoms with Gasteiger partial charge in [0.1, 0.15) is 0 Å².